The molecule has 1 aliphatic carbocycles. The summed E-state index contributed by atoms with van der Waals surface area (Å²) in [6, 6.07) is 10.8. The molecule has 4 rings (SSSR count). The molecule has 1 spiro atoms. The Labute approximate surface area is 191 Å². The summed E-state index contributed by atoms with van der Waals surface area (Å²) >= 11 is 0. The summed E-state index contributed by atoms with van der Waals surface area (Å²) in [5.41, 5.74) is 0.685. The second-order valence-corrected chi connectivity index (χ2v) is 8.65. The molecule has 0 saturated heterocycles. The summed E-state index contributed by atoms with van der Waals surface area (Å²) in [7, 11) is 0. The maximum absolute atomic E-state index is 13.8. The minimum Gasteiger partial charge on any atom is -0.486 e. The molecule has 5 nitrogen and oxygen atoms in total. The molecule has 0 amide bonds. The van der Waals surface area contributed by atoms with Crippen LogP contribution in [0.4, 0.5) is 8.78 Å². The fraction of sp³-hybridized carbons (Fsp3) is 0.423. The SMILES string of the molecule is CCOC(=O)C1CCC2(CC1)Oc1cc(-c3ccc(F)c(F)c3)ccc1C(=O)C2CCC#N. The summed E-state index contributed by atoms with van der Waals surface area (Å²) in [5.74, 6) is -2.52. The van der Waals surface area contributed by atoms with Crippen LogP contribution in [-0.4, -0.2) is 24.0 Å². The number of Topliss-reactive ketones (excluding diaryl/α,β-unsaturated/α-hetero) is 1. The van der Waals surface area contributed by atoms with Crippen molar-refractivity contribution in [1.82, 2.24) is 0 Å². The van der Waals surface area contributed by atoms with Crippen LogP contribution < -0.4 is 4.74 Å². The minimum absolute atomic E-state index is 0.0853. The maximum Gasteiger partial charge on any atom is 0.308 e. The Morgan fingerprint density at radius 2 is 1.85 bits per heavy atom. The van der Waals surface area contributed by atoms with E-state index in [4.69, 9.17) is 14.7 Å². The van der Waals surface area contributed by atoms with Crippen LogP contribution in [0.15, 0.2) is 36.4 Å². The summed E-state index contributed by atoms with van der Waals surface area (Å²) in [5, 5.41) is 9.12. The molecule has 0 aromatic heterocycles. The highest BCUT2D eigenvalue weighted by atomic mass is 19.2. The van der Waals surface area contributed by atoms with Crippen LogP contribution in [0.25, 0.3) is 11.1 Å². The zero-order valence-corrected chi connectivity index (χ0v) is 18.4. The summed E-state index contributed by atoms with van der Waals surface area (Å²) in [4.78, 5) is 25.7. The van der Waals surface area contributed by atoms with Gasteiger partial charge >= 0.3 is 5.97 Å². The molecule has 1 fully saturated rings. The Morgan fingerprint density at radius 3 is 2.52 bits per heavy atom. The van der Waals surface area contributed by atoms with Crippen LogP contribution in [0, 0.1) is 34.8 Å². The fourth-order valence-corrected chi connectivity index (χ4v) is 5.04. The topological polar surface area (TPSA) is 76.4 Å². The first-order chi connectivity index (χ1) is 15.9. The van der Waals surface area contributed by atoms with Gasteiger partial charge in [0, 0.05) is 6.42 Å². The predicted octanol–water partition coefficient (Wildman–Crippen LogP) is 5.62. The second kappa shape index (κ2) is 9.30. The van der Waals surface area contributed by atoms with Crippen molar-refractivity contribution in [2.24, 2.45) is 11.8 Å². The van der Waals surface area contributed by atoms with E-state index in [2.05, 4.69) is 6.07 Å². The number of benzene rings is 2. The molecule has 1 atom stereocenters. The summed E-state index contributed by atoms with van der Waals surface area (Å²) < 4.78 is 38.8. The van der Waals surface area contributed by atoms with Gasteiger partial charge in [0.2, 0.25) is 0 Å². The number of carbonyl (C=O) groups excluding carboxylic acids is 2. The number of nitrogens with zero attached hydrogens (tertiary/aromatic N) is 1. The van der Waals surface area contributed by atoms with Gasteiger partial charge in [-0.25, -0.2) is 8.78 Å². The van der Waals surface area contributed by atoms with E-state index in [0.29, 0.717) is 61.2 Å². The monoisotopic (exact) mass is 453 g/mol. The van der Waals surface area contributed by atoms with Crippen LogP contribution in [0.2, 0.25) is 0 Å². The summed E-state index contributed by atoms with van der Waals surface area (Å²) in [6.07, 6.45) is 2.66. The number of ketones is 1. The van der Waals surface area contributed by atoms with E-state index in [0.717, 1.165) is 12.1 Å². The van der Waals surface area contributed by atoms with Gasteiger partial charge < -0.3 is 9.47 Å². The smallest absolute Gasteiger partial charge is 0.308 e. The zero-order chi connectivity index (χ0) is 23.6. The molecule has 2 aliphatic rings. The molecule has 1 unspecified atom stereocenters. The van der Waals surface area contributed by atoms with Crippen molar-refractivity contribution in [3.63, 3.8) is 0 Å². The van der Waals surface area contributed by atoms with Crippen molar-refractivity contribution in [2.45, 2.75) is 51.0 Å². The lowest BCUT2D eigenvalue weighted by molar-refractivity contribution is -0.151. The molecule has 1 saturated carbocycles. The maximum atomic E-state index is 13.8. The van der Waals surface area contributed by atoms with Crippen LogP contribution in [0.1, 0.15) is 55.8 Å². The standard InChI is InChI=1S/C26H25F2NO4/c1-2-32-25(31)16-9-11-26(12-10-16)20(4-3-13-29)24(30)19-7-5-18(15-23(19)33-26)17-6-8-21(27)22(28)14-17/h5-8,14-16,20H,2-4,9-12H2,1H3. The van der Waals surface area contributed by atoms with Crippen molar-refractivity contribution < 1.29 is 27.8 Å². The average molecular weight is 453 g/mol. The molecule has 2 aromatic rings. The number of halogens is 2. The van der Waals surface area contributed by atoms with Crippen molar-refractivity contribution in [2.75, 3.05) is 6.61 Å². The van der Waals surface area contributed by atoms with Gasteiger partial charge in [-0.1, -0.05) is 12.1 Å². The minimum atomic E-state index is -0.951. The molecule has 0 N–H and O–H groups in total. The molecule has 33 heavy (non-hydrogen) atoms. The van der Waals surface area contributed by atoms with Crippen molar-refractivity contribution in [3.05, 3.63) is 53.6 Å². The van der Waals surface area contributed by atoms with E-state index in [1.807, 2.05) is 0 Å². The van der Waals surface area contributed by atoms with Crippen molar-refractivity contribution in [3.8, 4) is 22.9 Å². The molecular formula is C26H25F2NO4. The molecule has 2 aromatic carbocycles. The Hall–Kier alpha value is -3.27. The van der Waals surface area contributed by atoms with Crippen LogP contribution in [0.3, 0.4) is 0 Å². The third-order valence-electron chi connectivity index (χ3n) is 6.76. The van der Waals surface area contributed by atoms with Gasteiger partial charge in [0.05, 0.1) is 30.1 Å². The summed E-state index contributed by atoms with van der Waals surface area (Å²) in [6.45, 7) is 2.09. The number of hydrogen-bond acceptors (Lipinski definition) is 5. The van der Waals surface area contributed by atoms with E-state index >= 15 is 0 Å². The molecule has 1 heterocycles. The number of ether oxygens (including phenoxy) is 2. The number of nitriles is 1. The van der Waals surface area contributed by atoms with Gasteiger partial charge in [-0.2, -0.15) is 5.26 Å². The van der Waals surface area contributed by atoms with Gasteiger partial charge in [0.15, 0.2) is 17.4 Å². The van der Waals surface area contributed by atoms with Crippen LogP contribution >= 0.6 is 0 Å². The van der Waals surface area contributed by atoms with Gasteiger partial charge in [0.25, 0.3) is 0 Å². The highest BCUT2D eigenvalue weighted by Gasteiger charge is 2.51. The van der Waals surface area contributed by atoms with Gasteiger partial charge in [-0.3, -0.25) is 9.59 Å². The van der Waals surface area contributed by atoms with Crippen LogP contribution in [0.5, 0.6) is 5.75 Å². The third-order valence-corrected chi connectivity index (χ3v) is 6.76. The van der Waals surface area contributed by atoms with E-state index in [1.54, 1.807) is 25.1 Å². The highest BCUT2D eigenvalue weighted by molar-refractivity contribution is 6.02. The number of fused-ring (bicyclic) bond motifs is 1. The molecule has 0 radical (unpaired) electrons. The number of carbonyl (C=O) groups is 2. The van der Waals surface area contributed by atoms with Crippen molar-refractivity contribution in [1.29, 1.82) is 5.26 Å². The first-order valence-electron chi connectivity index (χ1n) is 11.2. The Kier molecular flexibility index (Phi) is 6.46. The first-order valence-corrected chi connectivity index (χ1v) is 11.2. The number of hydrogen-bond donors (Lipinski definition) is 0. The largest absolute Gasteiger partial charge is 0.486 e. The second-order valence-electron chi connectivity index (χ2n) is 8.65. The predicted molar refractivity (Wildman–Crippen MR) is 116 cm³/mol. The molecule has 172 valence electrons. The Bertz CT molecular complexity index is 1120. The fourth-order valence-electron chi connectivity index (χ4n) is 5.04. The van der Waals surface area contributed by atoms with E-state index in [9.17, 15) is 18.4 Å². The molecule has 1 aliphatic heterocycles. The van der Waals surface area contributed by atoms with E-state index < -0.39 is 23.2 Å². The Balaban J connectivity index is 1.67. The first kappa shape index (κ1) is 22.9. The van der Waals surface area contributed by atoms with Crippen LogP contribution in [-0.2, 0) is 9.53 Å². The van der Waals surface area contributed by atoms with Gasteiger partial charge in [-0.15, -0.1) is 0 Å². The quantitative estimate of drug-likeness (QED) is 0.549. The van der Waals surface area contributed by atoms with Gasteiger partial charge in [0.1, 0.15) is 11.4 Å². The van der Waals surface area contributed by atoms with E-state index in [1.165, 1.54) is 6.07 Å². The van der Waals surface area contributed by atoms with Gasteiger partial charge in [-0.05, 0) is 74.4 Å². The third kappa shape index (κ3) is 4.35. The molecule has 7 heteroatoms. The Morgan fingerprint density at radius 1 is 1.15 bits per heavy atom. The zero-order valence-electron chi connectivity index (χ0n) is 18.4. The number of esters is 1. The average Bonchev–Trinajstić information content (AvgIpc) is 2.81. The lowest BCUT2D eigenvalue weighted by Crippen LogP contribution is -2.53. The lowest BCUT2D eigenvalue weighted by atomic mass is 9.67. The molecular weight excluding hydrogens is 428 g/mol. The number of rotatable bonds is 5. The lowest BCUT2D eigenvalue weighted by Gasteiger charge is -2.47. The molecule has 0 bridgehead atoms. The van der Waals surface area contributed by atoms with E-state index in [-0.39, 0.29) is 24.1 Å². The highest BCUT2D eigenvalue weighted by Crippen LogP contribution is 2.48. The normalized spacial score (nSPS) is 24.0. The van der Waals surface area contributed by atoms with Crippen molar-refractivity contribution >= 4 is 11.8 Å².